The molecule has 1 saturated heterocycles. The maximum atomic E-state index is 12.5. The first kappa shape index (κ1) is 11.3. The third kappa shape index (κ3) is 1.78. The standard InChI is InChI=1S/C14H17N3O/c1-2-11-4-3-7-17(11)14(18)10-5-6-12-13(8-10)16-9-15-12/h5-6,8-9,11H,2-4,7H2,1H3,(H,15,16). The van der Waals surface area contributed by atoms with E-state index in [1.54, 1.807) is 6.33 Å². The smallest absolute Gasteiger partial charge is 0.254 e. The number of carbonyl (C=O) groups excluding carboxylic acids is 1. The second kappa shape index (κ2) is 4.44. The Morgan fingerprint density at radius 1 is 1.56 bits per heavy atom. The van der Waals surface area contributed by atoms with Crippen LogP contribution in [0.4, 0.5) is 0 Å². The van der Waals surface area contributed by atoms with E-state index in [9.17, 15) is 4.79 Å². The molecule has 1 N–H and O–H groups in total. The van der Waals surface area contributed by atoms with Crippen molar-refractivity contribution in [1.29, 1.82) is 0 Å². The summed E-state index contributed by atoms with van der Waals surface area (Å²) in [7, 11) is 0. The summed E-state index contributed by atoms with van der Waals surface area (Å²) < 4.78 is 0. The minimum atomic E-state index is 0.149. The molecule has 3 rings (SSSR count). The zero-order valence-corrected chi connectivity index (χ0v) is 10.5. The molecule has 0 saturated carbocycles. The van der Waals surface area contributed by atoms with Crippen LogP contribution in [0.1, 0.15) is 36.5 Å². The van der Waals surface area contributed by atoms with Crippen molar-refractivity contribution in [2.24, 2.45) is 0 Å². The van der Waals surface area contributed by atoms with Crippen molar-refractivity contribution in [3.63, 3.8) is 0 Å². The van der Waals surface area contributed by atoms with Crippen LogP contribution < -0.4 is 0 Å². The second-order valence-electron chi connectivity index (χ2n) is 4.84. The zero-order valence-electron chi connectivity index (χ0n) is 10.5. The lowest BCUT2D eigenvalue weighted by Gasteiger charge is -2.23. The normalized spacial score (nSPS) is 19.6. The molecule has 0 aliphatic carbocycles. The average molecular weight is 243 g/mol. The maximum absolute atomic E-state index is 12.5. The highest BCUT2D eigenvalue weighted by Gasteiger charge is 2.27. The van der Waals surface area contributed by atoms with E-state index in [1.807, 2.05) is 23.1 Å². The topological polar surface area (TPSA) is 49.0 Å². The highest BCUT2D eigenvalue weighted by molar-refractivity contribution is 5.97. The molecule has 1 aliphatic rings. The zero-order chi connectivity index (χ0) is 12.5. The first-order chi connectivity index (χ1) is 8.79. The molecule has 1 aromatic carbocycles. The van der Waals surface area contributed by atoms with Crippen LogP contribution in [0.5, 0.6) is 0 Å². The minimum Gasteiger partial charge on any atom is -0.345 e. The van der Waals surface area contributed by atoms with Gasteiger partial charge in [-0.15, -0.1) is 0 Å². The second-order valence-corrected chi connectivity index (χ2v) is 4.84. The minimum absolute atomic E-state index is 0.149. The molecular formula is C14H17N3O. The average Bonchev–Trinajstić information content (AvgIpc) is 3.05. The largest absolute Gasteiger partial charge is 0.345 e. The number of carbonyl (C=O) groups is 1. The van der Waals surface area contributed by atoms with Crippen molar-refractivity contribution in [3.8, 4) is 0 Å². The van der Waals surface area contributed by atoms with Crippen molar-refractivity contribution >= 4 is 16.9 Å². The third-order valence-corrected chi connectivity index (χ3v) is 3.78. The lowest BCUT2D eigenvalue weighted by Crippen LogP contribution is -2.35. The van der Waals surface area contributed by atoms with Crippen LogP contribution >= 0.6 is 0 Å². The van der Waals surface area contributed by atoms with Gasteiger partial charge in [0.25, 0.3) is 5.91 Å². The van der Waals surface area contributed by atoms with Gasteiger partial charge in [0.05, 0.1) is 17.4 Å². The molecule has 0 bridgehead atoms. The van der Waals surface area contributed by atoms with Gasteiger partial charge < -0.3 is 9.88 Å². The highest BCUT2D eigenvalue weighted by Crippen LogP contribution is 2.23. The van der Waals surface area contributed by atoms with Crippen LogP contribution in [-0.2, 0) is 0 Å². The number of hydrogen-bond acceptors (Lipinski definition) is 2. The molecule has 1 aliphatic heterocycles. The van der Waals surface area contributed by atoms with Crippen molar-refractivity contribution in [1.82, 2.24) is 14.9 Å². The molecule has 0 radical (unpaired) electrons. The first-order valence-corrected chi connectivity index (χ1v) is 6.53. The van der Waals surface area contributed by atoms with Gasteiger partial charge in [-0.05, 0) is 37.5 Å². The lowest BCUT2D eigenvalue weighted by molar-refractivity contribution is 0.0734. The molecule has 94 valence electrons. The predicted molar refractivity (Wildman–Crippen MR) is 70.4 cm³/mol. The van der Waals surface area contributed by atoms with E-state index in [0.29, 0.717) is 6.04 Å². The molecule has 2 heterocycles. The maximum Gasteiger partial charge on any atom is 0.254 e. The van der Waals surface area contributed by atoms with Gasteiger partial charge in [0.15, 0.2) is 0 Å². The van der Waals surface area contributed by atoms with Crippen LogP contribution in [0.3, 0.4) is 0 Å². The van der Waals surface area contributed by atoms with E-state index in [0.717, 1.165) is 42.4 Å². The SMILES string of the molecule is CCC1CCCN1C(=O)c1ccc2nc[nH]c2c1. The summed E-state index contributed by atoms with van der Waals surface area (Å²) in [4.78, 5) is 21.7. The summed E-state index contributed by atoms with van der Waals surface area (Å²) in [5.41, 5.74) is 2.58. The Hall–Kier alpha value is -1.84. The van der Waals surface area contributed by atoms with Gasteiger partial charge >= 0.3 is 0 Å². The van der Waals surface area contributed by atoms with Crippen molar-refractivity contribution in [2.45, 2.75) is 32.2 Å². The molecule has 4 nitrogen and oxygen atoms in total. The number of nitrogens with one attached hydrogen (secondary N) is 1. The number of fused-ring (bicyclic) bond motifs is 1. The highest BCUT2D eigenvalue weighted by atomic mass is 16.2. The van der Waals surface area contributed by atoms with Gasteiger partial charge in [0.1, 0.15) is 0 Å². The number of benzene rings is 1. The van der Waals surface area contributed by atoms with E-state index >= 15 is 0 Å². The fourth-order valence-electron chi connectivity index (χ4n) is 2.76. The summed E-state index contributed by atoms with van der Waals surface area (Å²) in [6.45, 7) is 3.03. The van der Waals surface area contributed by atoms with Gasteiger partial charge in [-0.1, -0.05) is 6.92 Å². The summed E-state index contributed by atoms with van der Waals surface area (Å²) in [6, 6.07) is 6.08. The summed E-state index contributed by atoms with van der Waals surface area (Å²) in [5.74, 6) is 0.149. The van der Waals surface area contributed by atoms with Gasteiger partial charge in [0.2, 0.25) is 0 Å². The number of aromatic amines is 1. The predicted octanol–water partition coefficient (Wildman–Crippen LogP) is 2.58. The van der Waals surface area contributed by atoms with E-state index in [1.165, 1.54) is 0 Å². The Morgan fingerprint density at radius 3 is 3.28 bits per heavy atom. The van der Waals surface area contributed by atoms with Crippen LogP contribution in [0.25, 0.3) is 11.0 Å². The number of rotatable bonds is 2. The molecule has 1 amide bonds. The first-order valence-electron chi connectivity index (χ1n) is 6.53. The van der Waals surface area contributed by atoms with E-state index in [-0.39, 0.29) is 5.91 Å². The monoisotopic (exact) mass is 243 g/mol. The molecule has 1 fully saturated rings. The van der Waals surface area contributed by atoms with Gasteiger partial charge in [-0.3, -0.25) is 4.79 Å². The van der Waals surface area contributed by atoms with E-state index < -0.39 is 0 Å². The lowest BCUT2D eigenvalue weighted by atomic mass is 10.1. The Morgan fingerprint density at radius 2 is 2.44 bits per heavy atom. The quantitative estimate of drug-likeness (QED) is 0.881. The number of H-pyrrole nitrogens is 1. The number of hydrogen-bond donors (Lipinski definition) is 1. The molecule has 1 unspecified atom stereocenters. The van der Waals surface area contributed by atoms with Crippen LogP contribution in [0.2, 0.25) is 0 Å². The van der Waals surface area contributed by atoms with Crippen LogP contribution in [0, 0.1) is 0 Å². The molecule has 2 aromatic rings. The molecule has 18 heavy (non-hydrogen) atoms. The summed E-state index contributed by atoms with van der Waals surface area (Å²) in [5, 5.41) is 0. The summed E-state index contributed by atoms with van der Waals surface area (Å²) in [6.07, 6.45) is 4.95. The Balaban J connectivity index is 1.91. The third-order valence-electron chi connectivity index (χ3n) is 3.78. The van der Waals surface area contributed by atoms with E-state index in [2.05, 4.69) is 16.9 Å². The van der Waals surface area contributed by atoms with Crippen molar-refractivity contribution in [3.05, 3.63) is 30.1 Å². The number of amides is 1. The van der Waals surface area contributed by atoms with Gasteiger partial charge in [0, 0.05) is 18.2 Å². The number of aromatic nitrogens is 2. The van der Waals surface area contributed by atoms with Gasteiger partial charge in [-0.25, -0.2) is 4.98 Å². The van der Waals surface area contributed by atoms with E-state index in [4.69, 9.17) is 0 Å². The van der Waals surface area contributed by atoms with Crippen LogP contribution in [0.15, 0.2) is 24.5 Å². The van der Waals surface area contributed by atoms with Crippen molar-refractivity contribution in [2.75, 3.05) is 6.54 Å². The molecule has 1 aromatic heterocycles. The Bertz CT molecular complexity index is 575. The number of imidazole rings is 1. The Labute approximate surface area is 106 Å². The number of likely N-dealkylation sites (tertiary alicyclic amines) is 1. The molecule has 0 spiro atoms. The molecule has 1 atom stereocenters. The number of nitrogens with zero attached hydrogens (tertiary/aromatic N) is 2. The molecular weight excluding hydrogens is 226 g/mol. The molecule has 4 heteroatoms. The van der Waals surface area contributed by atoms with Crippen molar-refractivity contribution < 1.29 is 4.79 Å². The summed E-state index contributed by atoms with van der Waals surface area (Å²) >= 11 is 0. The fraction of sp³-hybridized carbons (Fsp3) is 0.429. The van der Waals surface area contributed by atoms with Gasteiger partial charge in [-0.2, -0.15) is 0 Å². The fourth-order valence-corrected chi connectivity index (χ4v) is 2.76. The van der Waals surface area contributed by atoms with Crippen LogP contribution in [-0.4, -0.2) is 33.4 Å². The Kier molecular flexibility index (Phi) is 2.78.